The highest BCUT2D eigenvalue weighted by molar-refractivity contribution is 7.89. The van der Waals surface area contributed by atoms with Gasteiger partial charge in [0.25, 0.3) is 0 Å². The molecule has 3 rings (SSSR count). The van der Waals surface area contributed by atoms with Gasteiger partial charge in [0.15, 0.2) is 0 Å². The first kappa shape index (κ1) is 25.5. The van der Waals surface area contributed by atoms with E-state index in [1.54, 1.807) is 37.1 Å². The molecule has 1 amide bonds. The minimum Gasteiger partial charge on any atom is -0.487 e. The molecule has 0 unspecified atom stereocenters. The van der Waals surface area contributed by atoms with Crippen molar-refractivity contribution >= 4 is 15.9 Å². The Labute approximate surface area is 198 Å². The summed E-state index contributed by atoms with van der Waals surface area (Å²) >= 11 is 0. The summed E-state index contributed by atoms with van der Waals surface area (Å²) in [7, 11) is -2.18. The van der Waals surface area contributed by atoms with Gasteiger partial charge in [0, 0.05) is 44.0 Å². The topological polar surface area (TPSA) is 87.2 Å². The minimum absolute atomic E-state index is 0.0633. The molecule has 1 aromatic rings. The summed E-state index contributed by atoms with van der Waals surface area (Å²) in [6.07, 6.45) is 5.46. The van der Waals surface area contributed by atoms with E-state index in [0.29, 0.717) is 18.0 Å². The predicted octanol–water partition coefficient (Wildman–Crippen LogP) is 2.87. The van der Waals surface area contributed by atoms with Crippen LogP contribution in [0.5, 0.6) is 5.75 Å². The molecule has 1 aliphatic carbocycles. The van der Waals surface area contributed by atoms with E-state index in [-0.39, 0.29) is 35.6 Å². The zero-order chi connectivity index (χ0) is 24.2. The van der Waals surface area contributed by atoms with Crippen LogP contribution in [0.1, 0.15) is 58.4 Å². The molecule has 1 fully saturated rings. The molecule has 3 atom stereocenters. The zero-order valence-corrected chi connectivity index (χ0v) is 20.9. The Morgan fingerprint density at radius 3 is 2.64 bits per heavy atom. The van der Waals surface area contributed by atoms with Crippen LogP contribution in [0.3, 0.4) is 0 Å². The average molecular weight is 477 g/mol. The predicted molar refractivity (Wildman–Crippen MR) is 127 cm³/mol. The van der Waals surface area contributed by atoms with Gasteiger partial charge in [-0.2, -0.15) is 4.31 Å². The molecule has 8 heteroatoms. The number of carbonyl (C=O) groups excluding carboxylic acids is 1. The van der Waals surface area contributed by atoms with E-state index in [4.69, 9.17) is 4.74 Å². The first-order valence-electron chi connectivity index (χ1n) is 11.8. The fraction of sp³-hybridized carbons (Fsp3) is 0.640. The lowest BCUT2D eigenvalue weighted by Crippen LogP contribution is -2.50. The van der Waals surface area contributed by atoms with Crippen LogP contribution in [0.4, 0.5) is 0 Å². The van der Waals surface area contributed by atoms with Crippen molar-refractivity contribution in [1.82, 2.24) is 9.21 Å². The van der Waals surface area contributed by atoms with Gasteiger partial charge < -0.3 is 14.7 Å². The Hall–Kier alpha value is -2.08. The molecule has 1 heterocycles. The molecule has 33 heavy (non-hydrogen) atoms. The average Bonchev–Trinajstić information content (AvgIpc) is 2.79. The third kappa shape index (κ3) is 6.08. The van der Waals surface area contributed by atoms with Gasteiger partial charge in [0.2, 0.25) is 15.9 Å². The van der Waals surface area contributed by atoms with Gasteiger partial charge in [0.05, 0.1) is 13.2 Å². The van der Waals surface area contributed by atoms with Crippen molar-refractivity contribution in [2.75, 3.05) is 26.7 Å². The van der Waals surface area contributed by atoms with Gasteiger partial charge in [-0.05, 0) is 38.0 Å². The van der Waals surface area contributed by atoms with E-state index in [9.17, 15) is 18.3 Å². The smallest absolute Gasteiger partial charge is 0.247 e. The highest BCUT2D eigenvalue weighted by atomic mass is 32.2. The molecular weight excluding hydrogens is 440 g/mol. The monoisotopic (exact) mass is 476 g/mol. The molecule has 1 saturated carbocycles. The number of ether oxygens (including phenoxy) is 1. The number of nitrogens with zero attached hydrogens (tertiary/aromatic N) is 2. The molecular formula is C25H36N2O5S. The van der Waals surface area contributed by atoms with E-state index in [2.05, 4.69) is 11.8 Å². The molecule has 2 aliphatic rings. The van der Waals surface area contributed by atoms with E-state index in [1.807, 2.05) is 6.92 Å². The van der Waals surface area contributed by atoms with Crippen molar-refractivity contribution in [2.45, 2.75) is 69.9 Å². The van der Waals surface area contributed by atoms with E-state index in [1.165, 1.54) is 30.5 Å². The largest absolute Gasteiger partial charge is 0.487 e. The van der Waals surface area contributed by atoms with Gasteiger partial charge in [-0.1, -0.05) is 38.0 Å². The highest BCUT2D eigenvalue weighted by Crippen LogP contribution is 2.34. The Morgan fingerprint density at radius 1 is 1.30 bits per heavy atom. The second-order valence-electron chi connectivity index (χ2n) is 9.41. The SMILES string of the molecule is CC(=O)N(C)C[C@@H]1Oc2cc(C#CC3CCCCC3)ccc2S(=O)(=O)N([C@@H](C)CO)C[C@@H]1C. The lowest BCUT2D eigenvalue weighted by Gasteiger charge is -2.37. The molecule has 182 valence electrons. The van der Waals surface area contributed by atoms with E-state index < -0.39 is 22.2 Å². The number of aliphatic hydroxyl groups is 1. The lowest BCUT2D eigenvalue weighted by atomic mass is 9.90. The van der Waals surface area contributed by atoms with E-state index in [0.717, 1.165) is 12.8 Å². The minimum atomic E-state index is -3.89. The molecule has 1 N–H and O–H groups in total. The van der Waals surface area contributed by atoms with Crippen molar-refractivity contribution < 1.29 is 23.1 Å². The van der Waals surface area contributed by atoms with Crippen LogP contribution in [-0.4, -0.2) is 67.5 Å². The molecule has 0 spiro atoms. The summed E-state index contributed by atoms with van der Waals surface area (Å²) in [5, 5.41) is 9.73. The molecule has 7 nitrogen and oxygen atoms in total. The molecule has 0 radical (unpaired) electrons. The maximum absolute atomic E-state index is 13.5. The van der Waals surface area contributed by atoms with Crippen LogP contribution < -0.4 is 4.74 Å². The summed E-state index contributed by atoms with van der Waals surface area (Å²) in [4.78, 5) is 13.5. The molecule has 1 aromatic carbocycles. The number of benzene rings is 1. The first-order chi connectivity index (χ1) is 15.6. The Balaban J connectivity index is 2.02. The summed E-state index contributed by atoms with van der Waals surface area (Å²) in [6.45, 7) is 5.31. The van der Waals surface area contributed by atoms with E-state index >= 15 is 0 Å². The van der Waals surface area contributed by atoms with Gasteiger partial charge in [-0.25, -0.2) is 8.42 Å². The maximum Gasteiger partial charge on any atom is 0.247 e. The zero-order valence-electron chi connectivity index (χ0n) is 20.1. The Kier molecular flexibility index (Phi) is 8.43. The first-order valence-corrected chi connectivity index (χ1v) is 13.2. The number of hydrogen-bond acceptors (Lipinski definition) is 5. The van der Waals surface area contributed by atoms with Crippen molar-refractivity contribution in [3.05, 3.63) is 23.8 Å². The van der Waals surface area contributed by atoms with Gasteiger partial charge >= 0.3 is 0 Å². The number of fused-ring (bicyclic) bond motifs is 1. The summed E-state index contributed by atoms with van der Waals surface area (Å²) in [5.74, 6) is 6.89. The lowest BCUT2D eigenvalue weighted by molar-refractivity contribution is -0.129. The fourth-order valence-corrected chi connectivity index (χ4v) is 6.18. The summed E-state index contributed by atoms with van der Waals surface area (Å²) < 4.78 is 34.6. The highest BCUT2D eigenvalue weighted by Gasteiger charge is 2.38. The Morgan fingerprint density at radius 2 is 2.00 bits per heavy atom. The fourth-order valence-electron chi connectivity index (χ4n) is 4.35. The van der Waals surface area contributed by atoms with Crippen molar-refractivity contribution in [2.24, 2.45) is 11.8 Å². The molecule has 0 aromatic heterocycles. The van der Waals surface area contributed by atoms with Crippen LogP contribution in [0, 0.1) is 23.7 Å². The second-order valence-corrected chi connectivity index (χ2v) is 11.3. The van der Waals surface area contributed by atoms with Crippen molar-refractivity contribution in [3.63, 3.8) is 0 Å². The van der Waals surface area contributed by atoms with Crippen molar-refractivity contribution in [3.8, 4) is 17.6 Å². The number of likely N-dealkylation sites (N-methyl/N-ethyl adjacent to an activating group) is 1. The maximum atomic E-state index is 13.5. The second kappa shape index (κ2) is 10.9. The van der Waals surface area contributed by atoms with Crippen LogP contribution in [0.25, 0.3) is 0 Å². The van der Waals surface area contributed by atoms with Gasteiger partial charge in [0.1, 0.15) is 16.7 Å². The van der Waals surface area contributed by atoms with Crippen molar-refractivity contribution in [1.29, 1.82) is 0 Å². The Bertz CT molecular complexity index is 1010. The standard InChI is InChI=1S/C25H36N2O5S/c1-18-15-27(19(2)17-28)33(30,31)25-13-12-22(11-10-21-8-6-5-7-9-21)14-23(25)32-24(18)16-26(4)20(3)29/h12-14,18-19,21,24,28H,5-9,15-17H2,1-4H3/t18-,19-,24-/m0/s1. The number of hydrogen-bond donors (Lipinski definition) is 1. The van der Waals surface area contributed by atoms with Gasteiger partial charge in [-0.15, -0.1) is 0 Å². The quantitative estimate of drug-likeness (QED) is 0.676. The van der Waals surface area contributed by atoms with Crippen LogP contribution in [0.2, 0.25) is 0 Å². The number of carbonyl (C=O) groups is 1. The third-order valence-electron chi connectivity index (χ3n) is 6.68. The molecule has 1 aliphatic heterocycles. The van der Waals surface area contributed by atoms with Crippen LogP contribution in [-0.2, 0) is 14.8 Å². The normalized spacial score (nSPS) is 24.3. The molecule has 0 bridgehead atoms. The number of amides is 1. The van der Waals surface area contributed by atoms with Crippen LogP contribution in [0.15, 0.2) is 23.1 Å². The summed E-state index contributed by atoms with van der Waals surface area (Å²) in [6, 6.07) is 4.39. The third-order valence-corrected chi connectivity index (χ3v) is 8.70. The molecule has 0 saturated heterocycles. The number of rotatable bonds is 4. The van der Waals surface area contributed by atoms with Crippen LogP contribution >= 0.6 is 0 Å². The van der Waals surface area contributed by atoms with Gasteiger partial charge in [-0.3, -0.25) is 4.79 Å². The summed E-state index contributed by atoms with van der Waals surface area (Å²) in [5.41, 5.74) is 0.711. The number of sulfonamides is 1. The number of aliphatic hydroxyl groups excluding tert-OH is 1.